The Labute approximate surface area is 98.8 Å². The molecular weight excluding hydrogens is 226 g/mol. The van der Waals surface area contributed by atoms with Crippen LogP contribution in [0.5, 0.6) is 0 Å². The maximum Gasteiger partial charge on any atom is 0.280 e. The van der Waals surface area contributed by atoms with E-state index in [2.05, 4.69) is 17.0 Å². The highest BCUT2D eigenvalue weighted by molar-refractivity contribution is 7.87. The SMILES string of the molecule is CCCC1CNCCN1S(=O)(=O)NC(C)C. The summed E-state index contributed by atoms with van der Waals surface area (Å²) in [4.78, 5) is 0. The third-order valence-corrected chi connectivity index (χ3v) is 4.48. The van der Waals surface area contributed by atoms with Gasteiger partial charge in [0.05, 0.1) is 0 Å². The summed E-state index contributed by atoms with van der Waals surface area (Å²) >= 11 is 0. The highest BCUT2D eigenvalue weighted by atomic mass is 32.2. The Morgan fingerprint density at radius 3 is 2.75 bits per heavy atom. The first-order valence-electron chi connectivity index (χ1n) is 5.97. The normalized spacial score (nSPS) is 23.9. The highest BCUT2D eigenvalue weighted by Gasteiger charge is 2.31. The average molecular weight is 249 g/mol. The molecule has 0 saturated carbocycles. The Morgan fingerprint density at radius 2 is 2.19 bits per heavy atom. The maximum atomic E-state index is 12.1. The summed E-state index contributed by atoms with van der Waals surface area (Å²) in [7, 11) is -3.31. The minimum absolute atomic E-state index is 0.0536. The van der Waals surface area contributed by atoms with E-state index in [4.69, 9.17) is 0 Å². The molecular formula is C10H23N3O2S. The molecule has 1 heterocycles. The molecule has 96 valence electrons. The fourth-order valence-corrected chi connectivity index (χ4v) is 3.64. The van der Waals surface area contributed by atoms with Crippen LogP contribution in [0.1, 0.15) is 33.6 Å². The minimum Gasteiger partial charge on any atom is -0.314 e. The zero-order valence-corrected chi connectivity index (χ0v) is 11.2. The molecule has 0 aromatic carbocycles. The van der Waals surface area contributed by atoms with Gasteiger partial charge < -0.3 is 5.32 Å². The summed E-state index contributed by atoms with van der Waals surface area (Å²) in [6.07, 6.45) is 1.91. The molecule has 0 radical (unpaired) electrons. The van der Waals surface area contributed by atoms with Crippen molar-refractivity contribution in [1.82, 2.24) is 14.3 Å². The zero-order chi connectivity index (χ0) is 12.2. The van der Waals surface area contributed by atoms with Crippen LogP contribution in [0.15, 0.2) is 0 Å². The average Bonchev–Trinajstić information content (AvgIpc) is 2.17. The van der Waals surface area contributed by atoms with Gasteiger partial charge in [0.15, 0.2) is 0 Å². The summed E-state index contributed by atoms with van der Waals surface area (Å²) in [5, 5.41) is 3.24. The first-order valence-corrected chi connectivity index (χ1v) is 7.41. The molecule has 0 bridgehead atoms. The van der Waals surface area contributed by atoms with Gasteiger partial charge in [0.25, 0.3) is 10.2 Å². The number of nitrogens with zero attached hydrogens (tertiary/aromatic N) is 1. The molecule has 0 aromatic rings. The first-order chi connectivity index (χ1) is 7.47. The van der Waals surface area contributed by atoms with Crippen molar-refractivity contribution in [3.63, 3.8) is 0 Å². The van der Waals surface area contributed by atoms with Crippen LogP contribution in [0.4, 0.5) is 0 Å². The van der Waals surface area contributed by atoms with Gasteiger partial charge in [-0.2, -0.15) is 17.4 Å². The molecule has 1 atom stereocenters. The van der Waals surface area contributed by atoms with Crippen molar-refractivity contribution in [3.8, 4) is 0 Å². The zero-order valence-electron chi connectivity index (χ0n) is 10.4. The molecule has 0 amide bonds. The second kappa shape index (κ2) is 5.95. The molecule has 16 heavy (non-hydrogen) atoms. The van der Waals surface area contributed by atoms with Crippen LogP contribution in [0, 0.1) is 0 Å². The largest absolute Gasteiger partial charge is 0.314 e. The van der Waals surface area contributed by atoms with E-state index in [0.717, 1.165) is 25.9 Å². The Morgan fingerprint density at radius 1 is 1.50 bits per heavy atom. The molecule has 1 rings (SSSR count). The van der Waals surface area contributed by atoms with Crippen LogP contribution in [0.3, 0.4) is 0 Å². The van der Waals surface area contributed by atoms with Gasteiger partial charge in [0, 0.05) is 31.7 Å². The van der Waals surface area contributed by atoms with E-state index in [-0.39, 0.29) is 12.1 Å². The molecule has 0 aliphatic carbocycles. The third kappa shape index (κ3) is 3.69. The standard InChI is InChI=1S/C10H23N3O2S/c1-4-5-10-8-11-6-7-13(10)16(14,15)12-9(2)3/h9-12H,4-8H2,1-3H3. The van der Waals surface area contributed by atoms with Crippen LogP contribution in [0.2, 0.25) is 0 Å². The molecule has 1 fully saturated rings. The third-order valence-electron chi connectivity index (χ3n) is 2.61. The molecule has 1 unspecified atom stereocenters. The van der Waals surface area contributed by atoms with Gasteiger partial charge in [0.2, 0.25) is 0 Å². The Kier molecular flexibility index (Phi) is 5.17. The molecule has 6 heteroatoms. The topological polar surface area (TPSA) is 61.4 Å². The number of piperazine rings is 1. The van der Waals surface area contributed by atoms with Gasteiger partial charge in [-0.1, -0.05) is 13.3 Å². The second-order valence-corrected chi connectivity index (χ2v) is 6.19. The lowest BCUT2D eigenvalue weighted by atomic mass is 10.1. The smallest absolute Gasteiger partial charge is 0.280 e. The van der Waals surface area contributed by atoms with E-state index in [1.165, 1.54) is 0 Å². The molecule has 2 N–H and O–H groups in total. The van der Waals surface area contributed by atoms with Gasteiger partial charge in [-0.15, -0.1) is 0 Å². The van der Waals surface area contributed by atoms with E-state index in [1.54, 1.807) is 4.31 Å². The van der Waals surface area contributed by atoms with Crippen LogP contribution >= 0.6 is 0 Å². The van der Waals surface area contributed by atoms with Gasteiger partial charge in [-0.25, -0.2) is 0 Å². The summed E-state index contributed by atoms with van der Waals surface area (Å²) in [6, 6.07) is 0.0390. The number of nitrogens with one attached hydrogen (secondary N) is 2. The Balaban J connectivity index is 2.73. The molecule has 1 aliphatic heterocycles. The van der Waals surface area contributed by atoms with E-state index in [9.17, 15) is 8.42 Å². The highest BCUT2D eigenvalue weighted by Crippen LogP contribution is 2.13. The molecule has 0 aromatic heterocycles. The summed E-state index contributed by atoms with van der Waals surface area (Å²) in [6.45, 7) is 7.82. The van der Waals surface area contributed by atoms with Gasteiger partial charge in [-0.05, 0) is 20.3 Å². The van der Waals surface area contributed by atoms with E-state index < -0.39 is 10.2 Å². The lowest BCUT2D eigenvalue weighted by Gasteiger charge is -2.35. The van der Waals surface area contributed by atoms with Crippen molar-refractivity contribution in [3.05, 3.63) is 0 Å². The lowest BCUT2D eigenvalue weighted by Crippen LogP contribution is -2.57. The summed E-state index contributed by atoms with van der Waals surface area (Å²) in [5.41, 5.74) is 0. The summed E-state index contributed by atoms with van der Waals surface area (Å²) in [5.74, 6) is 0. The lowest BCUT2D eigenvalue weighted by molar-refractivity contribution is 0.250. The molecule has 1 aliphatic rings. The fraction of sp³-hybridized carbons (Fsp3) is 1.00. The quantitative estimate of drug-likeness (QED) is 0.737. The Hall–Kier alpha value is -0.170. The monoisotopic (exact) mass is 249 g/mol. The number of rotatable bonds is 5. The fourth-order valence-electron chi connectivity index (χ4n) is 2.00. The van der Waals surface area contributed by atoms with Crippen LogP contribution in [-0.4, -0.2) is 44.4 Å². The van der Waals surface area contributed by atoms with Crippen molar-refractivity contribution >= 4 is 10.2 Å². The second-order valence-electron chi connectivity index (χ2n) is 4.53. The maximum absolute atomic E-state index is 12.1. The summed E-state index contributed by atoms with van der Waals surface area (Å²) < 4.78 is 28.4. The number of hydrogen-bond acceptors (Lipinski definition) is 3. The van der Waals surface area contributed by atoms with Crippen LogP contribution in [-0.2, 0) is 10.2 Å². The van der Waals surface area contributed by atoms with E-state index >= 15 is 0 Å². The molecule has 5 nitrogen and oxygen atoms in total. The van der Waals surface area contributed by atoms with Gasteiger partial charge in [-0.3, -0.25) is 0 Å². The van der Waals surface area contributed by atoms with E-state index in [1.807, 2.05) is 13.8 Å². The van der Waals surface area contributed by atoms with Crippen LogP contribution in [0.25, 0.3) is 0 Å². The Bertz CT molecular complexity index is 301. The van der Waals surface area contributed by atoms with Crippen molar-refractivity contribution in [2.45, 2.75) is 45.7 Å². The van der Waals surface area contributed by atoms with Crippen molar-refractivity contribution in [1.29, 1.82) is 0 Å². The molecule has 1 saturated heterocycles. The molecule has 0 spiro atoms. The van der Waals surface area contributed by atoms with Gasteiger partial charge >= 0.3 is 0 Å². The first kappa shape index (κ1) is 13.9. The predicted octanol–water partition coefficient (Wildman–Crippen LogP) is 0.303. The van der Waals surface area contributed by atoms with Crippen molar-refractivity contribution in [2.24, 2.45) is 0 Å². The van der Waals surface area contributed by atoms with Crippen molar-refractivity contribution in [2.75, 3.05) is 19.6 Å². The minimum atomic E-state index is -3.31. The number of hydrogen-bond donors (Lipinski definition) is 2. The van der Waals surface area contributed by atoms with Crippen LogP contribution < -0.4 is 10.0 Å². The van der Waals surface area contributed by atoms with E-state index in [0.29, 0.717) is 6.54 Å². The predicted molar refractivity (Wildman–Crippen MR) is 65.5 cm³/mol. The van der Waals surface area contributed by atoms with Gasteiger partial charge in [0.1, 0.15) is 0 Å². The van der Waals surface area contributed by atoms with Crippen molar-refractivity contribution < 1.29 is 8.42 Å².